The molecule has 1 aliphatic heterocycles. The van der Waals surface area contributed by atoms with Crippen LogP contribution in [0.25, 0.3) is 0 Å². The molecular weight excluding hydrogens is 288 g/mol. The van der Waals surface area contributed by atoms with E-state index in [2.05, 4.69) is 51.0 Å². The zero-order valence-corrected chi connectivity index (χ0v) is 13.6. The number of nitrogens with zero attached hydrogens (tertiary/aromatic N) is 4. The molecule has 1 aromatic heterocycles. The zero-order chi connectivity index (χ0) is 16.2. The van der Waals surface area contributed by atoms with Gasteiger partial charge in [0.05, 0.1) is 5.69 Å². The largest absolute Gasteiger partial charge is 0.382 e. The summed E-state index contributed by atoms with van der Waals surface area (Å²) < 4.78 is 0. The van der Waals surface area contributed by atoms with Crippen LogP contribution in [-0.2, 0) is 6.42 Å². The molecule has 0 saturated carbocycles. The van der Waals surface area contributed by atoms with Gasteiger partial charge in [0.25, 0.3) is 0 Å². The lowest BCUT2D eigenvalue weighted by atomic mass is 10.1. The average Bonchev–Trinajstić information content (AvgIpc) is 2.56. The number of nitrogens with two attached hydrogens (primary N) is 2. The summed E-state index contributed by atoms with van der Waals surface area (Å²) in [6.45, 7) is 5.86. The molecule has 0 amide bonds. The van der Waals surface area contributed by atoms with Crippen molar-refractivity contribution in [1.82, 2.24) is 9.97 Å². The Morgan fingerprint density at radius 3 is 2.26 bits per heavy atom. The third-order valence-electron chi connectivity index (χ3n) is 4.20. The van der Waals surface area contributed by atoms with Gasteiger partial charge in [0, 0.05) is 31.9 Å². The van der Waals surface area contributed by atoms with E-state index >= 15 is 0 Å². The molecule has 1 saturated heterocycles. The Morgan fingerprint density at radius 2 is 1.61 bits per heavy atom. The van der Waals surface area contributed by atoms with E-state index < -0.39 is 0 Å². The van der Waals surface area contributed by atoms with Gasteiger partial charge in [-0.1, -0.05) is 31.5 Å². The summed E-state index contributed by atoms with van der Waals surface area (Å²) >= 11 is 0. The van der Waals surface area contributed by atoms with Crippen LogP contribution in [0, 0.1) is 0 Å². The van der Waals surface area contributed by atoms with E-state index in [1.54, 1.807) is 0 Å². The monoisotopic (exact) mass is 312 g/mol. The van der Waals surface area contributed by atoms with Crippen LogP contribution in [0.3, 0.4) is 0 Å². The fourth-order valence-corrected chi connectivity index (χ4v) is 3.12. The molecule has 122 valence electrons. The number of rotatable bonds is 4. The summed E-state index contributed by atoms with van der Waals surface area (Å²) in [5, 5.41) is 0. The van der Waals surface area contributed by atoms with Crippen LogP contribution in [0.5, 0.6) is 0 Å². The van der Waals surface area contributed by atoms with Crippen LogP contribution in [-0.4, -0.2) is 36.1 Å². The Bertz CT molecular complexity index is 650. The summed E-state index contributed by atoms with van der Waals surface area (Å²) in [5.74, 6) is 0.756. The second-order valence-corrected chi connectivity index (χ2v) is 5.82. The van der Waals surface area contributed by atoms with Crippen molar-refractivity contribution >= 4 is 23.1 Å². The highest BCUT2D eigenvalue weighted by Crippen LogP contribution is 2.29. The standard InChI is InChI=1S/C17H24N6/c1-2-6-14-15(16(18)21-17(19)20-14)23-11-9-22(10-12-23)13-7-4-3-5-8-13/h3-5,7-8H,2,6,9-12H2,1H3,(H4,18,19,20,21). The van der Waals surface area contributed by atoms with Crippen molar-refractivity contribution < 1.29 is 0 Å². The van der Waals surface area contributed by atoms with Gasteiger partial charge in [-0.05, 0) is 18.6 Å². The number of aryl methyl sites for hydroxylation is 1. The number of hydrogen-bond acceptors (Lipinski definition) is 6. The summed E-state index contributed by atoms with van der Waals surface area (Å²) in [6, 6.07) is 10.5. The average molecular weight is 312 g/mol. The summed E-state index contributed by atoms with van der Waals surface area (Å²) in [7, 11) is 0. The lowest BCUT2D eigenvalue weighted by Gasteiger charge is -2.38. The minimum Gasteiger partial charge on any atom is -0.382 e. The maximum absolute atomic E-state index is 6.14. The van der Waals surface area contributed by atoms with Gasteiger partial charge in [-0.2, -0.15) is 4.98 Å². The molecule has 3 rings (SSSR count). The van der Waals surface area contributed by atoms with Gasteiger partial charge in [-0.25, -0.2) is 4.98 Å². The summed E-state index contributed by atoms with van der Waals surface area (Å²) in [5.41, 5.74) is 15.1. The van der Waals surface area contributed by atoms with Crippen molar-refractivity contribution in [3.05, 3.63) is 36.0 Å². The third-order valence-corrected chi connectivity index (χ3v) is 4.20. The maximum atomic E-state index is 6.14. The molecule has 0 aliphatic carbocycles. The predicted octanol–water partition coefficient (Wildman–Crippen LogP) is 1.92. The Balaban J connectivity index is 1.77. The van der Waals surface area contributed by atoms with Gasteiger partial charge in [0.15, 0.2) is 5.82 Å². The molecule has 1 aromatic carbocycles. The maximum Gasteiger partial charge on any atom is 0.222 e. The van der Waals surface area contributed by atoms with E-state index in [0.29, 0.717) is 5.82 Å². The van der Waals surface area contributed by atoms with Crippen molar-refractivity contribution in [1.29, 1.82) is 0 Å². The molecule has 23 heavy (non-hydrogen) atoms. The van der Waals surface area contributed by atoms with Crippen LogP contribution < -0.4 is 21.3 Å². The van der Waals surface area contributed by atoms with Crippen LogP contribution in [0.1, 0.15) is 19.0 Å². The smallest absolute Gasteiger partial charge is 0.222 e. The Morgan fingerprint density at radius 1 is 0.957 bits per heavy atom. The van der Waals surface area contributed by atoms with Crippen molar-refractivity contribution in [2.24, 2.45) is 0 Å². The Kier molecular flexibility index (Phi) is 4.50. The van der Waals surface area contributed by atoms with E-state index in [-0.39, 0.29) is 5.95 Å². The van der Waals surface area contributed by atoms with Crippen molar-refractivity contribution in [2.45, 2.75) is 19.8 Å². The molecule has 0 unspecified atom stereocenters. The number of aromatic nitrogens is 2. The fourth-order valence-electron chi connectivity index (χ4n) is 3.12. The highest BCUT2D eigenvalue weighted by Gasteiger charge is 2.22. The van der Waals surface area contributed by atoms with Gasteiger partial charge >= 0.3 is 0 Å². The van der Waals surface area contributed by atoms with Crippen molar-refractivity contribution in [2.75, 3.05) is 47.4 Å². The molecule has 0 radical (unpaired) electrons. The first-order chi connectivity index (χ1) is 11.2. The Hall–Kier alpha value is -2.50. The quantitative estimate of drug-likeness (QED) is 0.897. The van der Waals surface area contributed by atoms with Crippen LogP contribution in [0.4, 0.5) is 23.1 Å². The van der Waals surface area contributed by atoms with Gasteiger partial charge in [-0.15, -0.1) is 0 Å². The fraction of sp³-hybridized carbons (Fsp3) is 0.412. The molecule has 4 N–H and O–H groups in total. The molecule has 2 heterocycles. The zero-order valence-electron chi connectivity index (χ0n) is 13.6. The topological polar surface area (TPSA) is 84.3 Å². The SMILES string of the molecule is CCCc1nc(N)nc(N)c1N1CCN(c2ccccc2)CC1. The highest BCUT2D eigenvalue weighted by molar-refractivity contribution is 5.68. The van der Waals surface area contributed by atoms with E-state index in [1.165, 1.54) is 5.69 Å². The lowest BCUT2D eigenvalue weighted by Crippen LogP contribution is -2.47. The molecule has 1 fully saturated rings. The van der Waals surface area contributed by atoms with Crippen molar-refractivity contribution in [3.8, 4) is 0 Å². The molecule has 1 aliphatic rings. The molecule has 0 bridgehead atoms. The normalized spacial score (nSPS) is 15.0. The minimum absolute atomic E-state index is 0.262. The highest BCUT2D eigenvalue weighted by atomic mass is 15.3. The first kappa shape index (κ1) is 15.4. The van der Waals surface area contributed by atoms with Gasteiger partial charge in [0.2, 0.25) is 5.95 Å². The lowest BCUT2D eigenvalue weighted by molar-refractivity contribution is 0.648. The second-order valence-electron chi connectivity index (χ2n) is 5.82. The van der Waals surface area contributed by atoms with Crippen LogP contribution in [0.2, 0.25) is 0 Å². The minimum atomic E-state index is 0.262. The molecule has 6 nitrogen and oxygen atoms in total. The Labute approximate surface area is 137 Å². The number of para-hydroxylation sites is 1. The molecule has 0 atom stereocenters. The van der Waals surface area contributed by atoms with Crippen LogP contribution >= 0.6 is 0 Å². The van der Waals surface area contributed by atoms with Gasteiger partial charge in [-0.3, -0.25) is 0 Å². The summed E-state index contributed by atoms with van der Waals surface area (Å²) in [6.07, 6.45) is 1.87. The number of hydrogen-bond donors (Lipinski definition) is 2. The summed E-state index contributed by atoms with van der Waals surface area (Å²) in [4.78, 5) is 13.2. The predicted molar refractivity (Wildman–Crippen MR) is 95.7 cm³/mol. The van der Waals surface area contributed by atoms with Gasteiger partial charge < -0.3 is 21.3 Å². The molecule has 6 heteroatoms. The molecular formula is C17H24N6. The third kappa shape index (κ3) is 3.31. The molecule has 2 aromatic rings. The van der Waals surface area contributed by atoms with Crippen LogP contribution in [0.15, 0.2) is 30.3 Å². The first-order valence-corrected chi connectivity index (χ1v) is 8.16. The molecule has 0 spiro atoms. The number of nitrogen functional groups attached to an aromatic ring is 2. The number of anilines is 4. The van der Waals surface area contributed by atoms with Gasteiger partial charge in [0.1, 0.15) is 5.69 Å². The van der Waals surface area contributed by atoms with E-state index in [0.717, 1.165) is 50.4 Å². The second kappa shape index (κ2) is 6.73. The first-order valence-electron chi connectivity index (χ1n) is 8.16. The number of benzene rings is 1. The van der Waals surface area contributed by atoms with E-state index in [1.807, 2.05) is 6.07 Å². The van der Waals surface area contributed by atoms with Crippen molar-refractivity contribution in [3.63, 3.8) is 0 Å². The number of piperazine rings is 1. The van der Waals surface area contributed by atoms with E-state index in [4.69, 9.17) is 11.5 Å². The van der Waals surface area contributed by atoms with E-state index in [9.17, 15) is 0 Å².